The fourth-order valence-corrected chi connectivity index (χ4v) is 3.08. The molecule has 0 atom stereocenters. The molecule has 0 unspecified atom stereocenters. The van der Waals surface area contributed by atoms with Crippen molar-refractivity contribution in [1.82, 2.24) is 0 Å². The van der Waals surface area contributed by atoms with Gasteiger partial charge in [-0.25, -0.2) is 0 Å². The topological polar surface area (TPSA) is 95.1 Å². The summed E-state index contributed by atoms with van der Waals surface area (Å²) in [6, 6.07) is 20.9. The molecule has 1 aliphatic carbocycles. The average molecular weight is 356 g/mol. The van der Waals surface area contributed by atoms with Crippen LogP contribution in [0.3, 0.4) is 0 Å². The molecule has 1 aromatic rings. The number of hydrogen-bond acceptors (Lipinski definition) is 5. The summed E-state index contributed by atoms with van der Waals surface area (Å²) in [5.41, 5.74) is 3.36. The molecule has 1 aliphatic heterocycles. The van der Waals surface area contributed by atoms with Crippen LogP contribution >= 0.6 is 11.3 Å². The molecule has 0 radical (unpaired) electrons. The average Bonchev–Trinajstić information content (AvgIpc) is 2.53. The Hall–Kier alpha value is -1.80. The van der Waals surface area contributed by atoms with E-state index in [0.717, 1.165) is 5.43 Å². The molecule has 3 rings (SSSR count). The van der Waals surface area contributed by atoms with Crippen molar-refractivity contribution >= 4 is 11.3 Å². The molecular formula is C16H16ClO5S+. The van der Waals surface area contributed by atoms with Crippen LogP contribution in [0.5, 0.6) is 0 Å². The van der Waals surface area contributed by atoms with E-state index in [1.807, 2.05) is 18.2 Å². The van der Waals surface area contributed by atoms with Crippen molar-refractivity contribution in [3.8, 4) is 20.9 Å². The first-order valence-electron chi connectivity index (χ1n) is 6.50. The maximum atomic E-state index is 8.83. The second kappa shape index (κ2) is 7.65. The molecule has 7 heteroatoms. The van der Waals surface area contributed by atoms with Crippen molar-refractivity contribution in [2.75, 3.05) is 7.11 Å². The van der Waals surface area contributed by atoms with Gasteiger partial charge in [0, 0.05) is 15.8 Å². The monoisotopic (exact) mass is 355 g/mol. The normalized spacial score (nSPS) is 12.7. The molecule has 1 aromatic carbocycles. The van der Waals surface area contributed by atoms with E-state index in [-0.39, 0.29) is 0 Å². The Balaban J connectivity index is 0.000000338. The fourth-order valence-electron chi connectivity index (χ4n) is 2.02. The molecule has 0 aromatic heterocycles. The third kappa shape index (κ3) is 5.40. The van der Waals surface area contributed by atoms with Gasteiger partial charge in [-0.3, -0.25) is 4.42 Å². The SMILES string of the molecule is C[O+]=c1cccc2sc(-c3ccccc3)ccc1-2.[O-][Cl+](O)(O)O. The van der Waals surface area contributed by atoms with Gasteiger partial charge in [0.2, 0.25) is 0 Å². The molecule has 2 aliphatic rings. The molecule has 0 fully saturated rings. The molecule has 0 amide bonds. The van der Waals surface area contributed by atoms with E-state index in [1.54, 1.807) is 18.4 Å². The van der Waals surface area contributed by atoms with Gasteiger partial charge in [0.15, 0.2) is 0 Å². The van der Waals surface area contributed by atoms with Crippen molar-refractivity contribution in [3.63, 3.8) is 0 Å². The number of benzene rings is 2. The van der Waals surface area contributed by atoms with E-state index in [1.165, 1.54) is 20.9 Å². The van der Waals surface area contributed by atoms with Gasteiger partial charge >= 0.3 is 34.3 Å². The molecule has 0 bridgehead atoms. The molecule has 0 saturated heterocycles. The predicted molar refractivity (Wildman–Crippen MR) is 85.2 cm³/mol. The first kappa shape index (κ1) is 17.6. The Morgan fingerprint density at radius 2 is 1.52 bits per heavy atom. The summed E-state index contributed by atoms with van der Waals surface area (Å²) in [5, 5.41) is 0. The summed E-state index contributed by atoms with van der Waals surface area (Å²) in [4.78, 5) is 2.52. The van der Waals surface area contributed by atoms with Gasteiger partial charge in [-0.2, -0.15) is 0 Å². The van der Waals surface area contributed by atoms with Gasteiger partial charge in [0.05, 0.1) is 5.56 Å². The molecule has 23 heavy (non-hydrogen) atoms. The van der Waals surface area contributed by atoms with E-state index in [0.29, 0.717) is 0 Å². The Morgan fingerprint density at radius 3 is 2.13 bits per heavy atom. The zero-order valence-electron chi connectivity index (χ0n) is 12.2. The van der Waals surface area contributed by atoms with Gasteiger partial charge < -0.3 is 0 Å². The maximum absolute atomic E-state index is 8.83. The number of fused-ring (bicyclic) bond motifs is 1. The van der Waals surface area contributed by atoms with E-state index in [9.17, 15) is 0 Å². The fraction of sp³-hybridized carbons (Fsp3) is 0.0625. The molecule has 3 N–H and O–H groups in total. The van der Waals surface area contributed by atoms with E-state index >= 15 is 0 Å². The molecular weight excluding hydrogens is 340 g/mol. The third-order valence-corrected chi connectivity index (χ3v) is 4.09. The van der Waals surface area contributed by atoms with Crippen LogP contribution in [0.25, 0.3) is 20.9 Å². The van der Waals surface area contributed by atoms with Gasteiger partial charge in [-0.05, 0) is 23.8 Å². The Bertz CT molecular complexity index is 789. The van der Waals surface area contributed by atoms with Crippen molar-refractivity contribution in [2.45, 2.75) is 0 Å². The van der Waals surface area contributed by atoms with Gasteiger partial charge in [-0.1, -0.05) is 36.4 Å². The van der Waals surface area contributed by atoms with E-state index in [4.69, 9.17) is 23.1 Å². The second-order valence-corrected chi connectivity index (χ2v) is 6.42. The van der Waals surface area contributed by atoms with Gasteiger partial charge in [0.25, 0.3) is 7.11 Å². The minimum atomic E-state index is -4.19. The van der Waals surface area contributed by atoms with Crippen LogP contribution in [0.1, 0.15) is 0 Å². The van der Waals surface area contributed by atoms with Crippen LogP contribution in [0, 0.1) is 10.2 Å². The Labute approximate surface area is 139 Å². The van der Waals surface area contributed by atoms with Crippen LogP contribution in [0.15, 0.2) is 65.1 Å². The molecule has 5 nitrogen and oxygen atoms in total. The van der Waals surface area contributed by atoms with E-state index in [2.05, 4.69) is 42.5 Å². The summed E-state index contributed by atoms with van der Waals surface area (Å²) in [6.45, 7) is 0. The van der Waals surface area contributed by atoms with Gasteiger partial charge in [0.1, 0.15) is 0 Å². The van der Waals surface area contributed by atoms with E-state index < -0.39 is 10.2 Å². The zero-order valence-corrected chi connectivity index (χ0v) is 13.8. The quantitative estimate of drug-likeness (QED) is 0.571. The van der Waals surface area contributed by atoms with Crippen molar-refractivity contribution in [1.29, 1.82) is 0 Å². The second-order valence-electron chi connectivity index (χ2n) is 4.47. The standard InChI is InChI=1S/C16H13OS.ClH3O4/c1-17-14-8-5-9-16-13(14)10-11-15(18-16)12-6-3-2-4-7-12;2-1(3,4)5/h2-11H,1H3;2-4H/q+1;. The third-order valence-electron chi connectivity index (χ3n) is 2.93. The summed E-state index contributed by atoms with van der Waals surface area (Å²) in [6.07, 6.45) is 0. The predicted octanol–water partition coefficient (Wildman–Crippen LogP) is 1.19. The van der Waals surface area contributed by atoms with Crippen LogP contribution in [0.4, 0.5) is 0 Å². The Kier molecular flexibility index (Phi) is 5.84. The summed E-state index contributed by atoms with van der Waals surface area (Å²) in [7, 11) is -2.48. The molecule has 0 saturated carbocycles. The zero-order chi connectivity index (χ0) is 16.9. The van der Waals surface area contributed by atoms with Crippen LogP contribution in [0.2, 0.25) is 0 Å². The summed E-state index contributed by atoms with van der Waals surface area (Å²) < 4.78 is 35.6. The first-order chi connectivity index (χ1) is 10.9. The first-order valence-corrected chi connectivity index (χ1v) is 8.64. The summed E-state index contributed by atoms with van der Waals surface area (Å²) in [5.74, 6) is 0. The summed E-state index contributed by atoms with van der Waals surface area (Å²) >= 11 is 1.79. The molecule has 0 spiro atoms. The van der Waals surface area contributed by atoms with Crippen molar-refractivity contribution in [2.24, 2.45) is 0 Å². The number of rotatable bonds is 1. The van der Waals surface area contributed by atoms with Crippen molar-refractivity contribution < 1.29 is 28.9 Å². The van der Waals surface area contributed by atoms with Crippen LogP contribution in [-0.2, 0) is 0 Å². The number of halogens is 1. The molecule has 122 valence electrons. The number of hydrogen-bond donors (Lipinski definition) is 3. The van der Waals surface area contributed by atoms with Crippen molar-refractivity contribution in [3.05, 3.63) is 70.5 Å². The Morgan fingerprint density at radius 1 is 0.870 bits per heavy atom. The van der Waals surface area contributed by atoms with Crippen LogP contribution in [-0.4, -0.2) is 21.1 Å². The minimum absolute atomic E-state index is 0.934. The van der Waals surface area contributed by atoms with Crippen LogP contribution < -0.4 is 10.1 Å². The van der Waals surface area contributed by atoms with Gasteiger partial charge in [-0.15, -0.1) is 11.3 Å². The molecule has 1 heterocycles.